The maximum Gasteiger partial charge on any atom is 0.310 e. The summed E-state index contributed by atoms with van der Waals surface area (Å²) < 4.78 is 0. The molecular formula is C15H20O4. The second kappa shape index (κ2) is 6.36. The van der Waals surface area contributed by atoms with Crippen molar-refractivity contribution in [3.63, 3.8) is 0 Å². The van der Waals surface area contributed by atoms with Gasteiger partial charge in [-0.25, -0.2) is 0 Å². The van der Waals surface area contributed by atoms with Crippen molar-refractivity contribution in [1.29, 1.82) is 0 Å². The maximum absolute atomic E-state index is 11.7. The van der Waals surface area contributed by atoms with Gasteiger partial charge in [-0.2, -0.15) is 0 Å². The van der Waals surface area contributed by atoms with E-state index in [1.165, 1.54) is 0 Å². The van der Waals surface area contributed by atoms with Crippen LogP contribution in [-0.4, -0.2) is 22.2 Å². The van der Waals surface area contributed by atoms with Crippen LogP contribution >= 0.6 is 0 Å². The van der Waals surface area contributed by atoms with Crippen molar-refractivity contribution in [2.24, 2.45) is 11.3 Å². The molecule has 0 aromatic heterocycles. The molecule has 4 heteroatoms. The van der Waals surface area contributed by atoms with Gasteiger partial charge in [0.25, 0.3) is 0 Å². The SMILES string of the molecule is CCC(C(=O)O)C(CC)(Cc1ccccc1)C(=O)O. The minimum atomic E-state index is -1.25. The molecule has 1 aromatic carbocycles. The third-order valence-corrected chi connectivity index (χ3v) is 3.79. The first kappa shape index (κ1) is 15.2. The van der Waals surface area contributed by atoms with Crippen LogP contribution in [0.25, 0.3) is 0 Å². The Labute approximate surface area is 113 Å². The molecule has 0 amide bonds. The first-order valence-corrected chi connectivity index (χ1v) is 6.48. The number of carbonyl (C=O) groups is 2. The van der Waals surface area contributed by atoms with Gasteiger partial charge >= 0.3 is 11.9 Å². The van der Waals surface area contributed by atoms with Crippen LogP contribution in [0.4, 0.5) is 0 Å². The molecule has 1 rings (SSSR count). The Morgan fingerprint density at radius 2 is 1.74 bits per heavy atom. The molecule has 2 unspecified atom stereocenters. The molecule has 4 nitrogen and oxygen atoms in total. The lowest BCUT2D eigenvalue weighted by Gasteiger charge is -2.33. The zero-order valence-electron chi connectivity index (χ0n) is 11.3. The van der Waals surface area contributed by atoms with Crippen LogP contribution in [0.5, 0.6) is 0 Å². The normalized spacial score (nSPS) is 15.5. The smallest absolute Gasteiger partial charge is 0.310 e. The van der Waals surface area contributed by atoms with E-state index in [0.29, 0.717) is 12.8 Å². The van der Waals surface area contributed by atoms with Crippen molar-refractivity contribution >= 4 is 11.9 Å². The van der Waals surface area contributed by atoms with E-state index in [1.54, 1.807) is 13.8 Å². The lowest BCUT2D eigenvalue weighted by molar-refractivity contribution is -0.163. The number of hydrogen-bond donors (Lipinski definition) is 2. The summed E-state index contributed by atoms with van der Waals surface area (Å²) >= 11 is 0. The Morgan fingerprint density at radius 1 is 1.16 bits per heavy atom. The highest BCUT2D eigenvalue weighted by Gasteiger charge is 2.47. The highest BCUT2D eigenvalue weighted by Crippen LogP contribution is 2.38. The number of rotatable bonds is 7. The first-order valence-electron chi connectivity index (χ1n) is 6.48. The number of carboxylic acids is 2. The molecule has 0 aliphatic heterocycles. The molecule has 1 aromatic rings. The summed E-state index contributed by atoms with van der Waals surface area (Å²) in [7, 11) is 0. The van der Waals surface area contributed by atoms with Gasteiger partial charge in [0, 0.05) is 0 Å². The summed E-state index contributed by atoms with van der Waals surface area (Å²) in [6, 6.07) is 9.19. The van der Waals surface area contributed by atoms with E-state index in [9.17, 15) is 19.8 Å². The molecule has 0 aliphatic rings. The number of aliphatic carboxylic acids is 2. The second-order valence-electron chi connectivity index (χ2n) is 4.78. The monoisotopic (exact) mass is 264 g/mol. The van der Waals surface area contributed by atoms with Crippen molar-refractivity contribution in [2.75, 3.05) is 0 Å². The summed E-state index contributed by atoms with van der Waals surface area (Å²) in [5.41, 5.74) is -0.395. The molecule has 0 heterocycles. The molecule has 0 spiro atoms. The lowest BCUT2D eigenvalue weighted by Crippen LogP contribution is -2.43. The van der Waals surface area contributed by atoms with Gasteiger partial charge in [-0.15, -0.1) is 0 Å². The Kier molecular flexibility index (Phi) is 5.10. The van der Waals surface area contributed by atoms with Crippen LogP contribution in [0, 0.1) is 11.3 Å². The second-order valence-corrected chi connectivity index (χ2v) is 4.78. The molecule has 2 N–H and O–H groups in total. The van der Waals surface area contributed by atoms with Gasteiger partial charge in [0.05, 0.1) is 11.3 Å². The summed E-state index contributed by atoms with van der Waals surface area (Å²) in [6.07, 6.45) is 0.842. The van der Waals surface area contributed by atoms with Gasteiger partial charge in [0.15, 0.2) is 0 Å². The topological polar surface area (TPSA) is 74.6 Å². The lowest BCUT2D eigenvalue weighted by atomic mass is 9.68. The molecule has 0 radical (unpaired) electrons. The fourth-order valence-corrected chi connectivity index (χ4v) is 2.63. The van der Waals surface area contributed by atoms with Crippen LogP contribution in [0.2, 0.25) is 0 Å². The highest BCUT2D eigenvalue weighted by molar-refractivity contribution is 5.83. The van der Waals surface area contributed by atoms with Crippen LogP contribution < -0.4 is 0 Å². The van der Waals surface area contributed by atoms with Crippen LogP contribution in [0.3, 0.4) is 0 Å². The van der Waals surface area contributed by atoms with Gasteiger partial charge in [0.2, 0.25) is 0 Å². The van der Waals surface area contributed by atoms with Crippen molar-refractivity contribution in [3.8, 4) is 0 Å². The number of carboxylic acid groups (broad SMARTS) is 2. The van der Waals surface area contributed by atoms with Gasteiger partial charge in [-0.3, -0.25) is 9.59 Å². The van der Waals surface area contributed by atoms with Gasteiger partial charge in [-0.1, -0.05) is 44.2 Å². The zero-order chi connectivity index (χ0) is 14.5. The van der Waals surface area contributed by atoms with E-state index in [-0.39, 0.29) is 6.42 Å². The van der Waals surface area contributed by atoms with Crippen LogP contribution in [-0.2, 0) is 16.0 Å². The Balaban J connectivity index is 3.19. The van der Waals surface area contributed by atoms with Gasteiger partial charge < -0.3 is 10.2 Å². The van der Waals surface area contributed by atoms with E-state index >= 15 is 0 Å². The number of hydrogen-bond acceptors (Lipinski definition) is 2. The predicted molar refractivity (Wildman–Crippen MR) is 71.9 cm³/mol. The quantitative estimate of drug-likeness (QED) is 0.794. The van der Waals surface area contributed by atoms with E-state index in [4.69, 9.17) is 0 Å². The summed E-state index contributed by atoms with van der Waals surface area (Å²) in [5, 5.41) is 18.9. The standard InChI is InChI=1S/C15H20O4/c1-3-12(13(16)17)15(4-2,14(18)19)10-11-8-6-5-7-9-11/h5-9,12H,3-4,10H2,1-2H3,(H,16,17)(H,18,19). The summed E-state index contributed by atoms with van der Waals surface area (Å²) in [6.45, 7) is 3.46. The number of benzene rings is 1. The Hall–Kier alpha value is -1.84. The van der Waals surface area contributed by atoms with Gasteiger partial charge in [0.1, 0.15) is 0 Å². The molecule has 0 bridgehead atoms. The van der Waals surface area contributed by atoms with Crippen molar-refractivity contribution < 1.29 is 19.8 Å². The largest absolute Gasteiger partial charge is 0.481 e. The van der Waals surface area contributed by atoms with Crippen LogP contribution in [0.15, 0.2) is 30.3 Å². The summed E-state index contributed by atoms with van der Waals surface area (Å²) in [4.78, 5) is 23.1. The minimum Gasteiger partial charge on any atom is -0.481 e. The molecule has 2 atom stereocenters. The van der Waals surface area contributed by atoms with E-state index < -0.39 is 23.3 Å². The zero-order valence-corrected chi connectivity index (χ0v) is 11.3. The van der Waals surface area contributed by atoms with E-state index in [1.807, 2.05) is 30.3 Å². The van der Waals surface area contributed by atoms with Crippen molar-refractivity contribution in [2.45, 2.75) is 33.1 Å². The van der Waals surface area contributed by atoms with Crippen molar-refractivity contribution in [1.82, 2.24) is 0 Å². The molecule has 0 saturated heterocycles. The van der Waals surface area contributed by atoms with E-state index in [0.717, 1.165) is 5.56 Å². The molecule has 19 heavy (non-hydrogen) atoms. The molecule has 0 fully saturated rings. The molecule has 0 aliphatic carbocycles. The molecular weight excluding hydrogens is 244 g/mol. The highest BCUT2D eigenvalue weighted by atomic mass is 16.4. The minimum absolute atomic E-state index is 0.241. The maximum atomic E-state index is 11.7. The molecule has 0 saturated carbocycles. The Bertz CT molecular complexity index is 441. The summed E-state index contributed by atoms with van der Waals surface area (Å²) in [5.74, 6) is -2.95. The molecule has 104 valence electrons. The average molecular weight is 264 g/mol. The van der Waals surface area contributed by atoms with E-state index in [2.05, 4.69) is 0 Å². The third kappa shape index (κ3) is 3.13. The van der Waals surface area contributed by atoms with Crippen LogP contribution in [0.1, 0.15) is 32.3 Å². The predicted octanol–water partition coefficient (Wildman–Crippen LogP) is 2.82. The fourth-order valence-electron chi connectivity index (χ4n) is 2.63. The average Bonchev–Trinajstić information content (AvgIpc) is 2.38. The first-order chi connectivity index (χ1) is 8.97. The fraction of sp³-hybridized carbons (Fsp3) is 0.467. The van der Waals surface area contributed by atoms with Gasteiger partial charge in [-0.05, 0) is 24.8 Å². The van der Waals surface area contributed by atoms with Crippen molar-refractivity contribution in [3.05, 3.63) is 35.9 Å². The Morgan fingerprint density at radius 3 is 2.11 bits per heavy atom. The third-order valence-electron chi connectivity index (χ3n) is 3.79.